The molecule has 1 aromatic heterocycles. The summed E-state index contributed by atoms with van der Waals surface area (Å²) in [6, 6.07) is 3.17. The molecule has 3 heterocycles. The molecular weight excluding hydrogens is 578 g/mol. The highest BCUT2D eigenvalue weighted by atomic mass is 32.2. The van der Waals surface area contributed by atoms with Crippen LogP contribution in [0.15, 0.2) is 45.2 Å². The number of carbonyl (C=O) groups is 4. The quantitative estimate of drug-likeness (QED) is 0.114. The average Bonchev–Trinajstić information content (AvgIpc) is 3.30. The third-order valence-corrected chi connectivity index (χ3v) is 8.35. The summed E-state index contributed by atoms with van der Waals surface area (Å²) in [5.74, 6) is -3.56. The van der Waals surface area contributed by atoms with E-state index in [1.807, 2.05) is 0 Å². The van der Waals surface area contributed by atoms with Crippen LogP contribution < -0.4 is 22.1 Å². The summed E-state index contributed by atoms with van der Waals surface area (Å²) in [7, 11) is -4.37. The number of carbonyl (C=O) groups excluding carboxylic acids is 3. The maximum atomic E-state index is 12.9. The fourth-order valence-electron chi connectivity index (χ4n) is 3.76. The van der Waals surface area contributed by atoms with Crippen molar-refractivity contribution in [3.63, 3.8) is 0 Å². The number of hydrogen-bond acceptors (Lipinski definition) is 12. The number of carboxylic acid groups (broad SMARTS) is 1. The Kier molecular flexibility index (Phi) is 8.16. The van der Waals surface area contributed by atoms with Gasteiger partial charge in [0.1, 0.15) is 23.2 Å². The lowest BCUT2D eigenvalue weighted by atomic mass is 10.0. The van der Waals surface area contributed by atoms with E-state index in [4.69, 9.17) is 20.4 Å². The summed E-state index contributed by atoms with van der Waals surface area (Å²) in [5.41, 5.74) is 12.0. The third kappa shape index (κ3) is 6.50. The number of aromatic nitrogens is 2. The van der Waals surface area contributed by atoms with Crippen molar-refractivity contribution in [2.24, 2.45) is 11.5 Å². The summed E-state index contributed by atoms with van der Waals surface area (Å²) in [6.45, 7) is 0. The van der Waals surface area contributed by atoms with Gasteiger partial charge in [-0.3, -0.25) is 19.0 Å². The van der Waals surface area contributed by atoms with Gasteiger partial charge in [0.15, 0.2) is 5.75 Å². The fourth-order valence-corrected chi connectivity index (χ4v) is 6.46. The van der Waals surface area contributed by atoms with E-state index in [1.54, 1.807) is 0 Å². The Labute approximate surface area is 228 Å². The number of β-lactam (4-membered cyclic amide) rings is 1. The number of nitrogens with zero attached hydrogens (tertiary/aromatic N) is 3. The Balaban J connectivity index is 1.40. The molecule has 2 aliphatic heterocycles. The molecule has 208 valence electrons. The summed E-state index contributed by atoms with van der Waals surface area (Å²) >= 11 is 2.18. The van der Waals surface area contributed by atoms with Crippen LogP contribution in [-0.2, 0) is 30.3 Å². The average molecular weight is 600 g/mol. The monoisotopic (exact) mass is 599 g/mol. The largest absolute Gasteiger partial charge is 0.477 e. The molecule has 16 nitrogen and oxygen atoms in total. The molecule has 0 aliphatic carbocycles. The van der Waals surface area contributed by atoms with E-state index >= 15 is 0 Å². The zero-order valence-corrected chi connectivity index (χ0v) is 22.1. The zero-order chi connectivity index (χ0) is 28.5. The minimum Gasteiger partial charge on any atom is -0.477 e. The minimum absolute atomic E-state index is 0.0428. The van der Waals surface area contributed by atoms with E-state index in [-0.39, 0.29) is 28.3 Å². The van der Waals surface area contributed by atoms with E-state index in [0.717, 1.165) is 16.7 Å². The summed E-state index contributed by atoms with van der Waals surface area (Å²) in [5, 5.41) is 21.2. The molecule has 0 saturated carbocycles. The molecule has 1 aromatic carbocycles. The number of nitrogens with two attached hydrogens (primary N) is 2. The minimum atomic E-state index is -4.37. The van der Waals surface area contributed by atoms with Crippen LogP contribution in [0.5, 0.6) is 0 Å². The highest BCUT2D eigenvalue weighted by Crippen LogP contribution is 2.41. The van der Waals surface area contributed by atoms with E-state index in [0.29, 0.717) is 16.8 Å². The number of fused-ring (bicyclic) bond motifs is 1. The third-order valence-electron chi connectivity index (χ3n) is 5.49. The van der Waals surface area contributed by atoms with Gasteiger partial charge in [0.25, 0.3) is 21.2 Å². The topological polar surface area (TPSA) is 261 Å². The number of rotatable bonds is 10. The number of anilines is 1. The van der Waals surface area contributed by atoms with Crippen molar-refractivity contribution in [3.05, 3.63) is 47.0 Å². The highest BCUT2D eigenvalue weighted by Gasteiger charge is 2.54. The van der Waals surface area contributed by atoms with Gasteiger partial charge in [-0.2, -0.15) is 8.42 Å². The number of urea groups is 1. The molecule has 2 unspecified atom stereocenters. The Morgan fingerprint density at radius 3 is 2.56 bits per heavy atom. The lowest BCUT2D eigenvalue weighted by Gasteiger charge is -2.49. The van der Waals surface area contributed by atoms with E-state index in [1.165, 1.54) is 36.0 Å². The molecule has 2 aromatic rings. The number of nitrogens with one attached hydrogen (secondary N) is 2. The van der Waals surface area contributed by atoms with Crippen LogP contribution in [0.3, 0.4) is 0 Å². The Hall–Kier alpha value is -3.65. The van der Waals surface area contributed by atoms with E-state index < -0.39 is 57.1 Å². The van der Waals surface area contributed by atoms with E-state index in [2.05, 4.69) is 20.8 Å². The second-order valence-corrected chi connectivity index (χ2v) is 11.7. The van der Waals surface area contributed by atoms with Crippen molar-refractivity contribution in [1.82, 2.24) is 20.4 Å². The Morgan fingerprint density at radius 1 is 1.26 bits per heavy atom. The number of thioether (sulfide) groups is 2. The summed E-state index contributed by atoms with van der Waals surface area (Å²) < 4.78 is 35.9. The first-order valence-corrected chi connectivity index (χ1v) is 14.5. The van der Waals surface area contributed by atoms with Gasteiger partial charge in [0, 0.05) is 17.2 Å². The lowest BCUT2D eigenvalue weighted by Crippen LogP contribution is -2.71. The molecule has 19 heteroatoms. The molecule has 0 bridgehead atoms. The van der Waals surface area contributed by atoms with Gasteiger partial charge in [0.05, 0.1) is 0 Å². The van der Waals surface area contributed by atoms with Gasteiger partial charge in [-0.15, -0.1) is 22.0 Å². The molecule has 1 fully saturated rings. The number of primary amides is 1. The van der Waals surface area contributed by atoms with Crippen molar-refractivity contribution >= 4 is 63.1 Å². The lowest BCUT2D eigenvalue weighted by molar-refractivity contribution is -0.150. The van der Waals surface area contributed by atoms with Crippen molar-refractivity contribution < 1.29 is 41.7 Å². The predicted molar refractivity (Wildman–Crippen MR) is 137 cm³/mol. The van der Waals surface area contributed by atoms with Gasteiger partial charge >= 0.3 is 12.0 Å². The number of amides is 4. The molecule has 0 spiro atoms. The zero-order valence-electron chi connectivity index (χ0n) is 19.6. The molecule has 8 N–H and O–H groups in total. The predicted octanol–water partition coefficient (Wildman–Crippen LogP) is -0.521. The van der Waals surface area contributed by atoms with Crippen LogP contribution in [0.1, 0.15) is 17.5 Å². The molecule has 1 saturated heterocycles. The molecule has 39 heavy (non-hydrogen) atoms. The van der Waals surface area contributed by atoms with Crippen LogP contribution in [0.25, 0.3) is 0 Å². The second kappa shape index (κ2) is 11.2. The molecule has 3 atom stereocenters. The van der Waals surface area contributed by atoms with Crippen LogP contribution in [0.4, 0.5) is 10.5 Å². The van der Waals surface area contributed by atoms with Crippen molar-refractivity contribution in [3.8, 4) is 0 Å². The Morgan fingerprint density at radius 2 is 1.95 bits per heavy atom. The smallest absolute Gasteiger partial charge is 0.352 e. The molecule has 4 amide bonds. The Bertz CT molecular complexity index is 1460. The maximum absolute atomic E-state index is 12.9. The maximum Gasteiger partial charge on any atom is 0.352 e. The number of aliphatic carboxylic acids is 1. The first-order valence-electron chi connectivity index (χ1n) is 10.9. The summed E-state index contributed by atoms with van der Waals surface area (Å²) in [4.78, 5) is 49.7. The van der Waals surface area contributed by atoms with Crippen LogP contribution in [0, 0.1) is 0 Å². The molecule has 2 aliphatic rings. The first kappa shape index (κ1) is 28.4. The van der Waals surface area contributed by atoms with Crippen molar-refractivity contribution in [1.29, 1.82) is 0 Å². The van der Waals surface area contributed by atoms with Gasteiger partial charge in [0.2, 0.25) is 11.8 Å². The SMILES string of the molecule is NC(=O)Nc1ccc(C(N)C(=O)NC2C(=O)N3C(C(=O)O)=C(CSc4nnc(CS(=O)(=O)O)o4)CS[C@@H]23)cc1. The molecular formula is C20H21N7O9S3. The number of benzene rings is 1. The fraction of sp³-hybridized carbons (Fsp3) is 0.300. The van der Waals surface area contributed by atoms with Gasteiger partial charge in [-0.05, 0) is 23.3 Å². The van der Waals surface area contributed by atoms with Crippen LogP contribution >= 0.6 is 23.5 Å². The molecule has 4 rings (SSSR count). The van der Waals surface area contributed by atoms with Gasteiger partial charge in [-0.25, -0.2) is 9.59 Å². The molecule has 0 radical (unpaired) electrons. The normalized spacial score (nSPS) is 19.6. The highest BCUT2D eigenvalue weighted by molar-refractivity contribution is 8.01. The van der Waals surface area contributed by atoms with Crippen molar-refractivity contribution in [2.45, 2.75) is 28.4 Å². The second-order valence-electron chi connectivity index (χ2n) is 8.22. The summed E-state index contributed by atoms with van der Waals surface area (Å²) in [6.07, 6.45) is 0. The van der Waals surface area contributed by atoms with E-state index in [9.17, 15) is 32.7 Å². The number of carboxylic acids is 1. The first-order chi connectivity index (χ1) is 18.3. The van der Waals surface area contributed by atoms with Gasteiger partial charge < -0.3 is 31.6 Å². The van der Waals surface area contributed by atoms with Crippen LogP contribution in [0.2, 0.25) is 0 Å². The van der Waals surface area contributed by atoms with Crippen LogP contribution in [-0.4, -0.2) is 79.9 Å². The van der Waals surface area contributed by atoms with Crippen molar-refractivity contribution in [2.75, 3.05) is 16.8 Å². The van der Waals surface area contributed by atoms with Gasteiger partial charge in [-0.1, -0.05) is 23.9 Å². The number of hydrogen-bond donors (Lipinski definition) is 6. The standard InChI is InChI=1S/C20H21N7O9S3/c21-12(8-1-3-10(4-2-8)23-19(22)32)15(28)24-13-16(29)27-14(18(30)31)9(5-37-17(13)27)6-38-20-26-25-11(36-20)7-39(33,34)35/h1-4,12-13,17H,5-7,21H2,(H,24,28)(H,30,31)(H3,22,23,32)(H,33,34,35)/t12?,13?,17-/m0/s1.